The molecule has 0 saturated heterocycles. The molecule has 0 aliphatic rings. The standard InChI is InChI=1S/C13H17N5O/c1-9(2)8-15-13(19)11-4-5-12(17-16-11)18-7-6-14-10(18)3/h4-7,9H,8H2,1-3H3,(H,15,19). The molecule has 0 fully saturated rings. The maximum Gasteiger partial charge on any atom is 0.271 e. The highest BCUT2D eigenvalue weighted by molar-refractivity contribution is 5.92. The van der Waals surface area contributed by atoms with Crippen LogP contribution in [-0.2, 0) is 0 Å². The van der Waals surface area contributed by atoms with E-state index in [4.69, 9.17) is 0 Å². The summed E-state index contributed by atoms with van der Waals surface area (Å²) in [7, 11) is 0. The molecule has 0 bridgehead atoms. The van der Waals surface area contributed by atoms with Gasteiger partial charge in [0.15, 0.2) is 11.5 Å². The van der Waals surface area contributed by atoms with Crippen molar-refractivity contribution in [3.05, 3.63) is 36.0 Å². The fourth-order valence-corrected chi connectivity index (χ4v) is 1.58. The van der Waals surface area contributed by atoms with Crippen molar-refractivity contribution >= 4 is 5.91 Å². The molecule has 0 atom stereocenters. The number of amides is 1. The van der Waals surface area contributed by atoms with Gasteiger partial charge in [-0.05, 0) is 25.0 Å². The van der Waals surface area contributed by atoms with Crippen molar-refractivity contribution < 1.29 is 4.79 Å². The van der Waals surface area contributed by atoms with Crippen LogP contribution in [0.3, 0.4) is 0 Å². The van der Waals surface area contributed by atoms with E-state index in [1.54, 1.807) is 24.5 Å². The van der Waals surface area contributed by atoms with Gasteiger partial charge in [0.2, 0.25) is 0 Å². The Labute approximate surface area is 111 Å². The first-order valence-corrected chi connectivity index (χ1v) is 6.20. The lowest BCUT2D eigenvalue weighted by atomic mass is 10.2. The van der Waals surface area contributed by atoms with Crippen LogP contribution >= 0.6 is 0 Å². The molecule has 0 aliphatic carbocycles. The summed E-state index contributed by atoms with van der Waals surface area (Å²) in [6.45, 7) is 6.58. The lowest BCUT2D eigenvalue weighted by molar-refractivity contribution is 0.0943. The van der Waals surface area contributed by atoms with Crippen LogP contribution in [0, 0.1) is 12.8 Å². The summed E-state index contributed by atoms with van der Waals surface area (Å²) in [5, 5.41) is 10.8. The Morgan fingerprint density at radius 2 is 2.16 bits per heavy atom. The zero-order chi connectivity index (χ0) is 13.8. The number of carbonyl (C=O) groups is 1. The van der Waals surface area contributed by atoms with Crippen molar-refractivity contribution in [3.63, 3.8) is 0 Å². The molecule has 19 heavy (non-hydrogen) atoms. The highest BCUT2D eigenvalue weighted by atomic mass is 16.1. The molecule has 2 aromatic rings. The van der Waals surface area contributed by atoms with Crippen LogP contribution in [0.2, 0.25) is 0 Å². The van der Waals surface area contributed by atoms with E-state index in [-0.39, 0.29) is 5.91 Å². The van der Waals surface area contributed by atoms with Gasteiger partial charge in [0, 0.05) is 18.9 Å². The first kappa shape index (κ1) is 13.2. The molecule has 2 heterocycles. The summed E-state index contributed by atoms with van der Waals surface area (Å²) < 4.78 is 1.81. The molecule has 0 saturated carbocycles. The predicted molar refractivity (Wildman–Crippen MR) is 71.1 cm³/mol. The van der Waals surface area contributed by atoms with E-state index in [1.165, 1.54) is 0 Å². The van der Waals surface area contributed by atoms with Crippen LogP contribution in [-0.4, -0.2) is 32.2 Å². The molecular formula is C13H17N5O. The number of nitrogens with one attached hydrogen (secondary N) is 1. The minimum atomic E-state index is -0.199. The normalized spacial score (nSPS) is 10.7. The van der Waals surface area contributed by atoms with Crippen LogP contribution in [0.5, 0.6) is 0 Å². The summed E-state index contributed by atoms with van der Waals surface area (Å²) in [6, 6.07) is 3.42. The number of imidazole rings is 1. The molecule has 0 aromatic carbocycles. The van der Waals surface area contributed by atoms with Crippen LogP contribution in [0.25, 0.3) is 5.82 Å². The fourth-order valence-electron chi connectivity index (χ4n) is 1.58. The first-order valence-electron chi connectivity index (χ1n) is 6.20. The molecule has 0 unspecified atom stereocenters. The Bertz CT molecular complexity index is 559. The van der Waals surface area contributed by atoms with Gasteiger partial charge in [-0.15, -0.1) is 10.2 Å². The van der Waals surface area contributed by atoms with Gasteiger partial charge in [-0.2, -0.15) is 0 Å². The van der Waals surface area contributed by atoms with Crippen molar-refractivity contribution in [1.29, 1.82) is 0 Å². The van der Waals surface area contributed by atoms with Crippen molar-refractivity contribution in [2.45, 2.75) is 20.8 Å². The largest absolute Gasteiger partial charge is 0.350 e. The van der Waals surface area contributed by atoms with Gasteiger partial charge in [0.1, 0.15) is 5.82 Å². The zero-order valence-electron chi connectivity index (χ0n) is 11.3. The van der Waals surface area contributed by atoms with Gasteiger partial charge in [-0.3, -0.25) is 9.36 Å². The molecular weight excluding hydrogens is 242 g/mol. The minimum absolute atomic E-state index is 0.199. The molecule has 0 spiro atoms. The van der Waals surface area contributed by atoms with E-state index in [1.807, 2.05) is 25.3 Å². The van der Waals surface area contributed by atoms with Crippen molar-refractivity contribution in [1.82, 2.24) is 25.1 Å². The van der Waals surface area contributed by atoms with Gasteiger partial charge in [0.25, 0.3) is 5.91 Å². The van der Waals surface area contributed by atoms with E-state index >= 15 is 0 Å². The molecule has 1 amide bonds. The predicted octanol–water partition coefficient (Wildman–Crippen LogP) is 1.36. The average molecular weight is 259 g/mol. The van der Waals surface area contributed by atoms with Crippen molar-refractivity contribution in [2.75, 3.05) is 6.54 Å². The fraction of sp³-hybridized carbons (Fsp3) is 0.385. The molecule has 100 valence electrons. The second kappa shape index (κ2) is 5.60. The number of aromatic nitrogens is 4. The zero-order valence-corrected chi connectivity index (χ0v) is 11.3. The highest BCUT2D eigenvalue weighted by Gasteiger charge is 2.09. The summed E-state index contributed by atoms with van der Waals surface area (Å²) in [6.07, 6.45) is 3.50. The SMILES string of the molecule is Cc1nccn1-c1ccc(C(=O)NCC(C)C)nn1. The Morgan fingerprint density at radius 1 is 1.37 bits per heavy atom. The molecule has 6 heteroatoms. The van der Waals surface area contributed by atoms with E-state index < -0.39 is 0 Å². The van der Waals surface area contributed by atoms with Gasteiger partial charge >= 0.3 is 0 Å². The number of hydrogen-bond donors (Lipinski definition) is 1. The third-order valence-electron chi connectivity index (χ3n) is 2.63. The van der Waals surface area contributed by atoms with Crippen molar-refractivity contribution in [2.24, 2.45) is 5.92 Å². The van der Waals surface area contributed by atoms with Crippen LogP contribution in [0.1, 0.15) is 30.2 Å². The quantitative estimate of drug-likeness (QED) is 0.899. The Balaban J connectivity index is 2.10. The number of nitrogens with zero attached hydrogens (tertiary/aromatic N) is 4. The maximum atomic E-state index is 11.8. The van der Waals surface area contributed by atoms with E-state index in [0.717, 1.165) is 5.82 Å². The Hall–Kier alpha value is -2.24. The van der Waals surface area contributed by atoms with E-state index in [9.17, 15) is 4.79 Å². The first-order chi connectivity index (χ1) is 9.08. The lowest BCUT2D eigenvalue weighted by Gasteiger charge is -2.07. The molecule has 1 N–H and O–H groups in total. The van der Waals surface area contributed by atoms with Gasteiger partial charge in [-0.25, -0.2) is 4.98 Å². The average Bonchev–Trinajstić information content (AvgIpc) is 2.82. The summed E-state index contributed by atoms with van der Waals surface area (Å²) in [5.41, 5.74) is 0.321. The number of carbonyl (C=O) groups excluding carboxylic acids is 1. The summed E-state index contributed by atoms with van der Waals surface area (Å²) in [5.74, 6) is 1.68. The summed E-state index contributed by atoms with van der Waals surface area (Å²) >= 11 is 0. The van der Waals surface area contributed by atoms with E-state index in [0.29, 0.717) is 24.0 Å². The third-order valence-corrected chi connectivity index (χ3v) is 2.63. The Morgan fingerprint density at radius 3 is 2.68 bits per heavy atom. The van der Waals surface area contributed by atoms with Crippen molar-refractivity contribution in [3.8, 4) is 5.82 Å². The van der Waals surface area contributed by atoms with Crippen LogP contribution in [0.4, 0.5) is 0 Å². The topological polar surface area (TPSA) is 72.7 Å². The number of aryl methyl sites for hydroxylation is 1. The molecule has 6 nitrogen and oxygen atoms in total. The second-order valence-electron chi connectivity index (χ2n) is 4.73. The number of hydrogen-bond acceptors (Lipinski definition) is 4. The Kier molecular flexibility index (Phi) is 3.89. The lowest BCUT2D eigenvalue weighted by Crippen LogP contribution is -2.28. The molecule has 0 radical (unpaired) electrons. The van der Waals surface area contributed by atoms with Gasteiger partial charge in [-0.1, -0.05) is 13.8 Å². The summed E-state index contributed by atoms with van der Waals surface area (Å²) in [4.78, 5) is 15.9. The molecule has 0 aliphatic heterocycles. The molecule has 2 aromatic heterocycles. The second-order valence-corrected chi connectivity index (χ2v) is 4.73. The maximum absolute atomic E-state index is 11.8. The van der Waals surface area contributed by atoms with Crippen LogP contribution < -0.4 is 5.32 Å². The highest BCUT2D eigenvalue weighted by Crippen LogP contribution is 2.06. The van der Waals surface area contributed by atoms with E-state index in [2.05, 4.69) is 20.5 Å². The van der Waals surface area contributed by atoms with Gasteiger partial charge in [0.05, 0.1) is 0 Å². The third kappa shape index (κ3) is 3.15. The molecule has 2 rings (SSSR count). The van der Waals surface area contributed by atoms with Crippen LogP contribution in [0.15, 0.2) is 24.5 Å². The minimum Gasteiger partial charge on any atom is -0.350 e. The van der Waals surface area contributed by atoms with Gasteiger partial charge < -0.3 is 5.32 Å². The smallest absolute Gasteiger partial charge is 0.271 e. The number of rotatable bonds is 4. The monoisotopic (exact) mass is 259 g/mol.